The van der Waals surface area contributed by atoms with Crippen LogP contribution < -0.4 is 0 Å². The number of nitrogens with zero attached hydrogens (tertiary/aromatic N) is 4. The number of carbonyl (C=O) groups is 1. The number of nitrogens with one attached hydrogen (secondary N) is 1. The van der Waals surface area contributed by atoms with Gasteiger partial charge in [-0.25, -0.2) is 14.4 Å². The molecule has 2 aliphatic carbocycles. The van der Waals surface area contributed by atoms with Gasteiger partial charge in [-0.2, -0.15) is 10.4 Å². The number of ketones is 1. The number of H-pyrrole nitrogens is 1. The average molecular weight is 492 g/mol. The van der Waals surface area contributed by atoms with Crippen LogP contribution in [-0.2, 0) is 16.6 Å². The van der Waals surface area contributed by atoms with Crippen molar-refractivity contribution in [1.29, 1.82) is 5.26 Å². The summed E-state index contributed by atoms with van der Waals surface area (Å²) in [5, 5.41) is 17.0. The van der Waals surface area contributed by atoms with Crippen LogP contribution in [0.25, 0.3) is 22.5 Å². The third-order valence-corrected chi connectivity index (χ3v) is 8.29. The minimum absolute atomic E-state index is 0.00548. The number of fused-ring (bicyclic) bond motifs is 3. The first-order valence-electron chi connectivity index (χ1n) is 12.6. The monoisotopic (exact) mass is 491 g/mol. The summed E-state index contributed by atoms with van der Waals surface area (Å²) in [4.78, 5) is 23.0. The summed E-state index contributed by atoms with van der Waals surface area (Å²) in [5.74, 6) is -0.770. The van der Waals surface area contributed by atoms with Crippen LogP contribution in [0.4, 0.5) is 4.39 Å². The van der Waals surface area contributed by atoms with Crippen molar-refractivity contribution in [2.75, 3.05) is 0 Å². The fourth-order valence-electron chi connectivity index (χ4n) is 6.57. The van der Waals surface area contributed by atoms with Crippen molar-refractivity contribution in [2.24, 2.45) is 17.8 Å². The lowest BCUT2D eigenvalue weighted by molar-refractivity contribution is -0.131. The Morgan fingerprint density at radius 3 is 2.46 bits per heavy atom. The van der Waals surface area contributed by atoms with Gasteiger partial charge in [0.15, 0.2) is 5.78 Å². The van der Waals surface area contributed by atoms with E-state index in [4.69, 9.17) is 9.97 Å². The number of Topliss-reactive ketones (excluding diaryl/α,β-unsaturated/α-hetero) is 1. The summed E-state index contributed by atoms with van der Waals surface area (Å²) in [6.45, 7) is 3.81. The molecule has 4 aromatic rings. The molecule has 7 heteroatoms. The number of aryl methyl sites for hydroxylation is 1. The van der Waals surface area contributed by atoms with Gasteiger partial charge in [0.1, 0.15) is 17.6 Å². The highest BCUT2D eigenvalue weighted by Gasteiger charge is 2.56. The van der Waals surface area contributed by atoms with Gasteiger partial charge in [-0.1, -0.05) is 43.3 Å². The average Bonchev–Trinajstić information content (AvgIpc) is 3.46. The Hall–Kier alpha value is -4.18. The molecule has 2 aliphatic rings. The first-order chi connectivity index (χ1) is 17.9. The van der Waals surface area contributed by atoms with E-state index in [2.05, 4.69) is 28.4 Å². The van der Waals surface area contributed by atoms with E-state index in [1.54, 1.807) is 18.3 Å². The molecule has 1 N–H and O–H groups in total. The van der Waals surface area contributed by atoms with Crippen molar-refractivity contribution < 1.29 is 9.18 Å². The Balaban J connectivity index is 1.56. The second-order valence-electron chi connectivity index (χ2n) is 10.2. The molecule has 184 valence electrons. The van der Waals surface area contributed by atoms with Gasteiger partial charge in [-0.3, -0.25) is 9.89 Å². The molecule has 37 heavy (non-hydrogen) atoms. The molecule has 6 rings (SSSR count). The van der Waals surface area contributed by atoms with E-state index in [9.17, 15) is 14.4 Å². The van der Waals surface area contributed by atoms with Crippen LogP contribution in [0.3, 0.4) is 0 Å². The number of rotatable bonds is 3. The molecule has 0 radical (unpaired) electrons. The highest BCUT2D eigenvalue weighted by Crippen LogP contribution is 2.56. The summed E-state index contributed by atoms with van der Waals surface area (Å²) in [5.41, 5.74) is 5.96. The lowest BCUT2D eigenvalue weighted by atomic mass is 9.50. The van der Waals surface area contributed by atoms with Crippen LogP contribution in [0.2, 0.25) is 0 Å². The van der Waals surface area contributed by atoms with Crippen molar-refractivity contribution in [3.63, 3.8) is 0 Å². The lowest BCUT2D eigenvalue weighted by Gasteiger charge is -2.51. The maximum Gasteiger partial charge on any atom is 0.153 e. The first kappa shape index (κ1) is 23.2. The molecule has 0 spiro atoms. The number of aromatic amines is 1. The second kappa shape index (κ2) is 8.74. The Labute approximate surface area is 214 Å². The topological polar surface area (TPSA) is 95.3 Å². The van der Waals surface area contributed by atoms with Gasteiger partial charge in [0, 0.05) is 28.7 Å². The summed E-state index contributed by atoms with van der Waals surface area (Å²) < 4.78 is 14.0. The maximum absolute atomic E-state index is 14.0. The largest absolute Gasteiger partial charge is 0.298 e. The summed E-state index contributed by atoms with van der Waals surface area (Å²) in [6, 6.07) is 18.9. The lowest BCUT2D eigenvalue weighted by Crippen LogP contribution is -2.53. The minimum Gasteiger partial charge on any atom is -0.298 e. The van der Waals surface area contributed by atoms with Crippen LogP contribution in [0.5, 0.6) is 0 Å². The molecule has 0 aliphatic heterocycles. The predicted molar refractivity (Wildman–Crippen MR) is 137 cm³/mol. The van der Waals surface area contributed by atoms with Crippen LogP contribution in [0, 0.1) is 41.8 Å². The molecule has 2 heterocycles. The fourth-order valence-corrected chi connectivity index (χ4v) is 6.57. The van der Waals surface area contributed by atoms with Gasteiger partial charge in [0.25, 0.3) is 0 Å². The third kappa shape index (κ3) is 3.59. The van der Waals surface area contributed by atoms with Crippen LogP contribution in [-0.4, -0.2) is 25.9 Å². The summed E-state index contributed by atoms with van der Waals surface area (Å²) >= 11 is 0. The normalized spacial score (nSPS) is 24.7. The van der Waals surface area contributed by atoms with Gasteiger partial charge in [0.05, 0.1) is 23.2 Å². The zero-order valence-electron chi connectivity index (χ0n) is 20.7. The number of aromatic nitrogens is 4. The molecule has 1 fully saturated rings. The molecule has 0 bridgehead atoms. The van der Waals surface area contributed by atoms with Gasteiger partial charge in [-0.15, -0.1) is 0 Å². The Bertz CT molecular complexity index is 1520. The van der Waals surface area contributed by atoms with Crippen molar-refractivity contribution in [2.45, 2.75) is 38.5 Å². The molecular weight excluding hydrogens is 465 g/mol. The van der Waals surface area contributed by atoms with E-state index in [1.165, 1.54) is 12.1 Å². The van der Waals surface area contributed by atoms with E-state index in [0.717, 1.165) is 52.2 Å². The Kier molecular flexibility index (Phi) is 5.49. The van der Waals surface area contributed by atoms with Gasteiger partial charge < -0.3 is 0 Å². The zero-order valence-corrected chi connectivity index (χ0v) is 20.7. The highest BCUT2D eigenvalue weighted by molar-refractivity contribution is 5.87. The number of carbonyl (C=O) groups excluding carboxylic acids is 1. The van der Waals surface area contributed by atoms with Gasteiger partial charge in [-0.05, 0) is 61.4 Å². The van der Waals surface area contributed by atoms with Gasteiger partial charge >= 0.3 is 0 Å². The van der Waals surface area contributed by atoms with Crippen LogP contribution in [0.1, 0.15) is 42.4 Å². The van der Waals surface area contributed by atoms with E-state index < -0.39 is 11.3 Å². The SMILES string of the molecule is Cc1nc(-c2ccc(-c3ccn[nH]3)cc2)c2c(n1)[C@]1(c3ccc(F)cc3)CC(C#N)C(=O)[C@@H](C)[C@@H]1CC2. The van der Waals surface area contributed by atoms with Crippen molar-refractivity contribution >= 4 is 5.78 Å². The molecule has 0 saturated heterocycles. The molecule has 0 amide bonds. The Morgan fingerprint density at radius 2 is 1.78 bits per heavy atom. The van der Waals surface area contributed by atoms with Crippen LogP contribution >= 0.6 is 0 Å². The molecule has 6 nitrogen and oxygen atoms in total. The number of halogens is 1. The summed E-state index contributed by atoms with van der Waals surface area (Å²) in [6.07, 6.45) is 3.56. The standard InChI is InChI=1S/C30H26FN5O/c1-17-25-12-11-24-27(20-5-3-19(4-6-20)26-13-14-33-36-26)34-18(2)35-29(24)30(25,15-21(16-32)28(17)37)22-7-9-23(31)10-8-22/h3-10,13-14,17,21,25H,11-12,15H2,1-2H3,(H,33,36)/t17-,21?,25-,30-/m0/s1. The molecular formula is C30H26FN5O. The van der Waals surface area contributed by atoms with Crippen molar-refractivity contribution in [1.82, 2.24) is 20.2 Å². The molecule has 2 aromatic carbocycles. The van der Waals surface area contributed by atoms with Crippen LogP contribution in [0.15, 0.2) is 60.8 Å². The maximum atomic E-state index is 14.0. The van der Waals surface area contributed by atoms with E-state index in [1.807, 2.05) is 32.0 Å². The molecule has 2 aromatic heterocycles. The first-order valence-corrected chi connectivity index (χ1v) is 12.6. The molecule has 1 saturated carbocycles. The molecule has 4 atom stereocenters. The number of hydrogen-bond acceptors (Lipinski definition) is 5. The summed E-state index contributed by atoms with van der Waals surface area (Å²) in [7, 11) is 0. The number of nitriles is 1. The van der Waals surface area contributed by atoms with E-state index >= 15 is 0 Å². The number of benzene rings is 2. The zero-order chi connectivity index (χ0) is 25.7. The Morgan fingerprint density at radius 1 is 1.05 bits per heavy atom. The van der Waals surface area contributed by atoms with E-state index in [0.29, 0.717) is 12.2 Å². The van der Waals surface area contributed by atoms with Gasteiger partial charge in [0.2, 0.25) is 0 Å². The van der Waals surface area contributed by atoms with Crippen molar-refractivity contribution in [3.05, 3.63) is 89.3 Å². The number of hydrogen-bond donors (Lipinski definition) is 1. The second-order valence-corrected chi connectivity index (χ2v) is 10.2. The van der Waals surface area contributed by atoms with E-state index in [-0.39, 0.29) is 23.4 Å². The predicted octanol–water partition coefficient (Wildman–Crippen LogP) is 5.58. The smallest absolute Gasteiger partial charge is 0.153 e. The minimum atomic E-state index is -0.741. The highest BCUT2D eigenvalue weighted by atomic mass is 19.1. The quantitative estimate of drug-likeness (QED) is 0.404. The molecule has 1 unspecified atom stereocenters. The third-order valence-electron chi connectivity index (χ3n) is 8.29. The van der Waals surface area contributed by atoms with Crippen molar-refractivity contribution in [3.8, 4) is 28.6 Å². The fraction of sp³-hybridized carbons (Fsp3) is 0.300.